The van der Waals surface area contributed by atoms with Crippen molar-refractivity contribution in [2.45, 2.75) is 44.7 Å². The van der Waals surface area contributed by atoms with Gasteiger partial charge in [0, 0.05) is 51.9 Å². The molecular weight excluding hydrogens is 412 g/mol. The van der Waals surface area contributed by atoms with E-state index in [1.165, 1.54) is 0 Å². The molecule has 172 valence electrons. The second kappa shape index (κ2) is 9.57. The van der Waals surface area contributed by atoms with Crippen LogP contribution in [0.25, 0.3) is 0 Å². The van der Waals surface area contributed by atoms with Crippen LogP contribution in [0, 0.1) is 5.41 Å². The van der Waals surface area contributed by atoms with Crippen molar-refractivity contribution in [3.8, 4) is 0 Å². The molecule has 4 rings (SSSR count). The molecule has 0 aromatic heterocycles. The van der Waals surface area contributed by atoms with Gasteiger partial charge in [-0.2, -0.15) is 4.31 Å². The molecule has 2 heterocycles. The minimum atomic E-state index is -3.37. The highest BCUT2D eigenvalue weighted by molar-refractivity contribution is 7.89. The number of hydrogen-bond donors (Lipinski definition) is 1. The number of benzene rings is 1. The molecule has 31 heavy (non-hydrogen) atoms. The number of amides is 1. The van der Waals surface area contributed by atoms with Crippen molar-refractivity contribution in [3.05, 3.63) is 35.9 Å². The van der Waals surface area contributed by atoms with Crippen LogP contribution < -0.4 is 5.32 Å². The van der Waals surface area contributed by atoms with Crippen LogP contribution in [0.3, 0.4) is 0 Å². The molecule has 0 unspecified atom stereocenters. The molecule has 0 bridgehead atoms. The van der Waals surface area contributed by atoms with Crippen LogP contribution in [0.4, 0.5) is 0 Å². The van der Waals surface area contributed by atoms with E-state index >= 15 is 0 Å². The first-order valence-corrected chi connectivity index (χ1v) is 13.2. The molecule has 8 heteroatoms. The average molecular weight is 449 g/mol. The van der Waals surface area contributed by atoms with Crippen LogP contribution in [0.2, 0.25) is 0 Å². The Kier molecular flexibility index (Phi) is 7.01. The van der Waals surface area contributed by atoms with Gasteiger partial charge in [-0.15, -0.1) is 0 Å². The van der Waals surface area contributed by atoms with Gasteiger partial charge in [-0.25, -0.2) is 8.42 Å². The zero-order valence-electron chi connectivity index (χ0n) is 18.6. The van der Waals surface area contributed by atoms with Crippen molar-refractivity contribution in [1.82, 2.24) is 19.4 Å². The minimum Gasteiger partial charge on any atom is -0.354 e. The van der Waals surface area contributed by atoms with Gasteiger partial charge in [-0.05, 0) is 31.9 Å². The Balaban J connectivity index is 1.46. The number of piperazine rings is 1. The fourth-order valence-corrected chi connectivity index (χ4v) is 7.38. The summed E-state index contributed by atoms with van der Waals surface area (Å²) in [6.45, 7) is 6.02. The Morgan fingerprint density at radius 3 is 2.58 bits per heavy atom. The van der Waals surface area contributed by atoms with Crippen LogP contribution in [0.1, 0.15) is 37.7 Å². The van der Waals surface area contributed by atoms with Gasteiger partial charge in [-0.3, -0.25) is 9.69 Å². The summed E-state index contributed by atoms with van der Waals surface area (Å²) in [5, 5.41) is 3.20. The Labute approximate surface area is 186 Å². The lowest BCUT2D eigenvalue weighted by atomic mass is 9.67. The van der Waals surface area contributed by atoms with E-state index in [-0.39, 0.29) is 17.7 Å². The smallest absolute Gasteiger partial charge is 0.227 e. The maximum atomic E-state index is 13.5. The molecule has 0 spiro atoms. The highest BCUT2D eigenvalue weighted by Gasteiger charge is 2.55. The van der Waals surface area contributed by atoms with Crippen molar-refractivity contribution in [2.24, 2.45) is 5.41 Å². The summed E-state index contributed by atoms with van der Waals surface area (Å²) in [6, 6.07) is 9.49. The molecule has 7 nitrogen and oxygen atoms in total. The molecule has 0 radical (unpaired) electrons. The molecule has 2 aliphatic heterocycles. The lowest BCUT2D eigenvalue weighted by Crippen LogP contribution is -2.62. The second-order valence-corrected chi connectivity index (χ2v) is 11.5. The molecule has 2 saturated heterocycles. The number of nitrogens with one attached hydrogen (secondary N) is 1. The maximum absolute atomic E-state index is 13.5. The summed E-state index contributed by atoms with van der Waals surface area (Å²) in [4.78, 5) is 18.2. The zero-order valence-corrected chi connectivity index (χ0v) is 19.4. The molecule has 1 N–H and O–H groups in total. The SMILES string of the molecule is CN1CCN(CCNC(=O)[C@@]23CCCC[C@H]2N(Cc2ccccc2)S(=O)(=O)CC3)CC1. The van der Waals surface area contributed by atoms with E-state index in [1.54, 1.807) is 4.31 Å². The van der Waals surface area contributed by atoms with E-state index in [1.807, 2.05) is 30.3 Å². The summed E-state index contributed by atoms with van der Waals surface area (Å²) in [6.07, 6.45) is 3.94. The molecular formula is C23H36N4O3S. The standard InChI is InChI=1S/C23H36N4O3S/c1-25-14-16-26(17-15-25)13-12-24-22(28)23-10-6-5-9-21(23)27(31(29,30)18-11-23)19-20-7-3-2-4-8-20/h2-4,7-8,21H,5-6,9-19H2,1H3,(H,24,28)/t21-,23-/m1/s1. The third-order valence-electron chi connectivity index (χ3n) is 7.44. The summed E-state index contributed by atoms with van der Waals surface area (Å²) in [5.41, 5.74) is 0.378. The van der Waals surface area contributed by atoms with Gasteiger partial charge in [-0.1, -0.05) is 43.2 Å². The number of nitrogens with zero attached hydrogens (tertiary/aromatic N) is 3. The van der Waals surface area contributed by atoms with E-state index in [4.69, 9.17) is 0 Å². The van der Waals surface area contributed by atoms with E-state index in [9.17, 15) is 13.2 Å². The lowest BCUT2D eigenvalue weighted by molar-refractivity contribution is -0.137. The van der Waals surface area contributed by atoms with Gasteiger partial charge < -0.3 is 10.2 Å². The summed E-state index contributed by atoms with van der Waals surface area (Å²) < 4.78 is 27.7. The van der Waals surface area contributed by atoms with E-state index in [0.29, 0.717) is 19.5 Å². The lowest BCUT2D eigenvalue weighted by Gasteiger charge is -2.50. The first-order valence-electron chi connectivity index (χ1n) is 11.6. The van der Waals surface area contributed by atoms with Crippen LogP contribution in [-0.2, 0) is 21.4 Å². The van der Waals surface area contributed by atoms with Gasteiger partial charge in [0.15, 0.2) is 0 Å². The summed E-state index contributed by atoms with van der Waals surface area (Å²) >= 11 is 0. The van der Waals surface area contributed by atoms with Crippen LogP contribution in [-0.4, -0.2) is 86.5 Å². The van der Waals surface area contributed by atoms with Gasteiger partial charge in [0.2, 0.25) is 15.9 Å². The number of likely N-dealkylation sites (N-methyl/N-ethyl adjacent to an activating group) is 1. The fourth-order valence-electron chi connectivity index (χ4n) is 5.48. The Morgan fingerprint density at radius 1 is 1.10 bits per heavy atom. The van der Waals surface area contributed by atoms with E-state index in [2.05, 4.69) is 22.2 Å². The van der Waals surface area contributed by atoms with Crippen molar-refractivity contribution in [2.75, 3.05) is 52.1 Å². The third kappa shape index (κ3) is 4.97. The first kappa shape index (κ1) is 22.7. The molecule has 1 aromatic rings. The second-order valence-electron chi connectivity index (χ2n) is 9.42. The third-order valence-corrected chi connectivity index (χ3v) is 9.26. The fraction of sp³-hybridized carbons (Fsp3) is 0.696. The topological polar surface area (TPSA) is 73.0 Å². The monoisotopic (exact) mass is 448 g/mol. The van der Waals surface area contributed by atoms with Crippen molar-refractivity contribution >= 4 is 15.9 Å². The molecule has 3 fully saturated rings. The largest absolute Gasteiger partial charge is 0.354 e. The first-order chi connectivity index (χ1) is 14.9. The average Bonchev–Trinajstić information content (AvgIpc) is 2.78. The van der Waals surface area contributed by atoms with Gasteiger partial charge >= 0.3 is 0 Å². The summed E-state index contributed by atoms with van der Waals surface area (Å²) in [5.74, 6) is 0.113. The molecule has 1 saturated carbocycles. The van der Waals surface area contributed by atoms with Gasteiger partial charge in [0.05, 0.1) is 11.2 Å². The van der Waals surface area contributed by atoms with Crippen LogP contribution >= 0.6 is 0 Å². The minimum absolute atomic E-state index is 0.0549. The van der Waals surface area contributed by atoms with E-state index in [0.717, 1.165) is 64.0 Å². The predicted molar refractivity (Wildman–Crippen MR) is 122 cm³/mol. The Morgan fingerprint density at radius 2 is 1.84 bits per heavy atom. The number of hydrogen-bond acceptors (Lipinski definition) is 5. The number of carbonyl (C=O) groups is 1. The van der Waals surface area contributed by atoms with Gasteiger partial charge in [0.1, 0.15) is 0 Å². The van der Waals surface area contributed by atoms with Crippen molar-refractivity contribution in [3.63, 3.8) is 0 Å². The number of rotatable bonds is 6. The van der Waals surface area contributed by atoms with Gasteiger partial charge in [0.25, 0.3) is 0 Å². The highest BCUT2D eigenvalue weighted by Crippen LogP contribution is 2.47. The summed E-state index contributed by atoms with van der Waals surface area (Å²) in [7, 11) is -1.23. The van der Waals surface area contributed by atoms with Crippen molar-refractivity contribution < 1.29 is 13.2 Å². The molecule has 1 amide bonds. The number of sulfonamides is 1. The Hall–Kier alpha value is -1.48. The van der Waals surface area contributed by atoms with Crippen LogP contribution in [0.5, 0.6) is 0 Å². The van der Waals surface area contributed by atoms with Crippen molar-refractivity contribution in [1.29, 1.82) is 0 Å². The Bertz CT molecular complexity index is 855. The number of fused-ring (bicyclic) bond motifs is 1. The highest BCUT2D eigenvalue weighted by atomic mass is 32.2. The van der Waals surface area contributed by atoms with E-state index < -0.39 is 15.4 Å². The maximum Gasteiger partial charge on any atom is 0.227 e. The predicted octanol–water partition coefficient (Wildman–Crippen LogP) is 1.51. The molecule has 2 atom stereocenters. The van der Waals surface area contributed by atoms with Crippen LogP contribution in [0.15, 0.2) is 30.3 Å². The molecule has 1 aromatic carbocycles. The normalized spacial score (nSPS) is 29.9. The quantitative estimate of drug-likeness (QED) is 0.714. The number of carbonyl (C=O) groups excluding carboxylic acids is 1. The molecule has 1 aliphatic carbocycles. The molecule has 3 aliphatic rings. The zero-order chi connectivity index (χ0) is 21.9.